The SMILES string of the molecule is CC(C)N(C)c1cc(N)ccc1C(N)=O. The van der Waals surface area contributed by atoms with Crippen LogP contribution in [0.15, 0.2) is 18.2 Å². The smallest absolute Gasteiger partial charge is 0.250 e. The first kappa shape index (κ1) is 11.4. The summed E-state index contributed by atoms with van der Waals surface area (Å²) in [4.78, 5) is 13.2. The van der Waals surface area contributed by atoms with Gasteiger partial charge in [0.2, 0.25) is 0 Å². The highest BCUT2D eigenvalue weighted by atomic mass is 16.1. The van der Waals surface area contributed by atoms with Crippen molar-refractivity contribution in [1.29, 1.82) is 0 Å². The molecule has 0 aliphatic heterocycles. The van der Waals surface area contributed by atoms with Crippen molar-refractivity contribution in [3.63, 3.8) is 0 Å². The molecule has 4 nitrogen and oxygen atoms in total. The van der Waals surface area contributed by atoms with Crippen molar-refractivity contribution in [2.45, 2.75) is 19.9 Å². The molecule has 0 saturated carbocycles. The molecule has 0 spiro atoms. The number of nitrogen functional groups attached to an aromatic ring is 1. The van der Waals surface area contributed by atoms with E-state index in [4.69, 9.17) is 11.5 Å². The molecular formula is C11H17N3O. The molecule has 0 aromatic heterocycles. The van der Waals surface area contributed by atoms with Gasteiger partial charge in [-0.1, -0.05) is 0 Å². The van der Waals surface area contributed by atoms with E-state index >= 15 is 0 Å². The van der Waals surface area contributed by atoms with Crippen LogP contribution < -0.4 is 16.4 Å². The standard InChI is InChI=1S/C11H17N3O/c1-7(2)14(3)10-6-8(12)4-5-9(10)11(13)15/h4-7H,12H2,1-3H3,(H2,13,15). The highest BCUT2D eigenvalue weighted by Crippen LogP contribution is 2.23. The molecule has 0 heterocycles. The van der Waals surface area contributed by atoms with E-state index in [2.05, 4.69) is 0 Å². The predicted octanol–water partition coefficient (Wildman–Crippen LogP) is 1.21. The maximum atomic E-state index is 11.2. The van der Waals surface area contributed by atoms with Crippen LogP contribution in [0.25, 0.3) is 0 Å². The largest absolute Gasteiger partial charge is 0.399 e. The van der Waals surface area contributed by atoms with Gasteiger partial charge in [-0.15, -0.1) is 0 Å². The molecule has 1 amide bonds. The lowest BCUT2D eigenvalue weighted by molar-refractivity contribution is 0.100. The number of benzene rings is 1. The van der Waals surface area contributed by atoms with Gasteiger partial charge >= 0.3 is 0 Å². The van der Waals surface area contributed by atoms with Crippen LogP contribution in [0.1, 0.15) is 24.2 Å². The second kappa shape index (κ2) is 4.21. The van der Waals surface area contributed by atoms with Crippen molar-refractivity contribution in [2.75, 3.05) is 17.7 Å². The Kier molecular flexibility index (Phi) is 3.19. The Balaban J connectivity index is 3.24. The van der Waals surface area contributed by atoms with Gasteiger partial charge in [-0.25, -0.2) is 0 Å². The summed E-state index contributed by atoms with van der Waals surface area (Å²) >= 11 is 0. The van der Waals surface area contributed by atoms with E-state index in [1.807, 2.05) is 25.8 Å². The van der Waals surface area contributed by atoms with Crippen LogP contribution in [-0.4, -0.2) is 19.0 Å². The number of nitrogens with two attached hydrogens (primary N) is 2. The number of hydrogen-bond acceptors (Lipinski definition) is 3. The summed E-state index contributed by atoms with van der Waals surface area (Å²) in [5.41, 5.74) is 12.9. The summed E-state index contributed by atoms with van der Waals surface area (Å²) < 4.78 is 0. The van der Waals surface area contributed by atoms with Gasteiger partial charge in [0.05, 0.1) is 11.3 Å². The number of carbonyl (C=O) groups excluding carboxylic acids is 1. The van der Waals surface area contributed by atoms with Gasteiger partial charge in [0.25, 0.3) is 5.91 Å². The zero-order valence-corrected chi connectivity index (χ0v) is 9.32. The molecule has 0 saturated heterocycles. The molecule has 0 aliphatic rings. The fourth-order valence-corrected chi connectivity index (χ4v) is 1.33. The van der Waals surface area contributed by atoms with Crippen LogP contribution in [0.4, 0.5) is 11.4 Å². The molecule has 0 bridgehead atoms. The molecule has 1 aromatic rings. The zero-order chi connectivity index (χ0) is 11.6. The van der Waals surface area contributed by atoms with Crippen LogP contribution in [0.3, 0.4) is 0 Å². The molecule has 4 heteroatoms. The molecule has 82 valence electrons. The fourth-order valence-electron chi connectivity index (χ4n) is 1.33. The van der Waals surface area contributed by atoms with E-state index in [-0.39, 0.29) is 6.04 Å². The number of amides is 1. The quantitative estimate of drug-likeness (QED) is 0.732. The summed E-state index contributed by atoms with van der Waals surface area (Å²) in [6.07, 6.45) is 0. The van der Waals surface area contributed by atoms with Crippen LogP contribution in [0, 0.1) is 0 Å². The average Bonchev–Trinajstić information content (AvgIpc) is 2.15. The van der Waals surface area contributed by atoms with Gasteiger partial charge in [0, 0.05) is 18.8 Å². The summed E-state index contributed by atoms with van der Waals surface area (Å²) in [5, 5.41) is 0. The van der Waals surface area contributed by atoms with Crippen LogP contribution in [-0.2, 0) is 0 Å². The van der Waals surface area contributed by atoms with Gasteiger partial charge in [-0.3, -0.25) is 4.79 Å². The Bertz CT molecular complexity index is 374. The minimum Gasteiger partial charge on any atom is -0.399 e. The minimum absolute atomic E-state index is 0.282. The van der Waals surface area contributed by atoms with Gasteiger partial charge < -0.3 is 16.4 Å². The number of nitrogens with zero attached hydrogens (tertiary/aromatic N) is 1. The Morgan fingerprint density at radius 1 is 1.40 bits per heavy atom. The Morgan fingerprint density at radius 2 is 2.00 bits per heavy atom. The second-order valence-corrected chi connectivity index (χ2v) is 3.85. The number of primary amides is 1. The summed E-state index contributed by atoms with van der Waals surface area (Å²) in [5.74, 6) is -0.433. The molecular weight excluding hydrogens is 190 g/mol. The monoisotopic (exact) mass is 207 g/mol. The maximum Gasteiger partial charge on any atom is 0.250 e. The Morgan fingerprint density at radius 3 is 2.47 bits per heavy atom. The highest BCUT2D eigenvalue weighted by molar-refractivity contribution is 5.99. The zero-order valence-electron chi connectivity index (χ0n) is 9.32. The first-order valence-electron chi connectivity index (χ1n) is 4.85. The van der Waals surface area contributed by atoms with Gasteiger partial charge in [-0.2, -0.15) is 0 Å². The van der Waals surface area contributed by atoms with E-state index in [0.717, 1.165) is 5.69 Å². The number of rotatable bonds is 3. The third-order valence-electron chi connectivity index (χ3n) is 2.44. The van der Waals surface area contributed by atoms with E-state index < -0.39 is 5.91 Å². The Labute approximate surface area is 89.9 Å². The molecule has 1 rings (SSSR count). The van der Waals surface area contributed by atoms with Gasteiger partial charge in [-0.05, 0) is 32.0 Å². The lowest BCUT2D eigenvalue weighted by atomic mass is 10.1. The summed E-state index contributed by atoms with van der Waals surface area (Å²) in [6.45, 7) is 4.07. The van der Waals surface area contributed by atoms with Crippen molar-refractivity contribution in [3.05, 3.63) is 23.8 Å². The van der Waals surface area contributed by atoms with Gasteiger partial charge in [0.15, 0.2) is 0 Å². The number of anilines is 2. The first-order valence-corrected chi connectivity index (χ1v) is 4.85. The molecule has 0 fully saturated rings. The predicted molar refractivity (Wildman–Crippen MR) is 62.9 cm³/mol. The average molecular weight is 207 g/mol. The van der Waals surface area contributed by atoms with Crippen molar-refractivity contribution >= 4 is 17.3 Å². The van der Waals surface area contributed by atoms with E-state index in [1.54, 1.807) is 18.2 Å². The molecule has 0 atom stereocenters. The topological polar surface area (TPSA) is 72.3 Å². The van der Waals surface area contributed by atoms with Crippen molar-refractivity contribution in [3.8, 4) is 0 Å². The van der Waals surface area contributed by atoms with E-state index in [0.29, 0.717) is 11.3 Å². The fraction of sp³-hybridized carbons (Fsp3) is 0.364. The van der Waals surface area contributed by atoms with Crippen molar-refractivity contribution in [2.24, 2.45) is 5.73 Å². The van der Waals surface area contributed by atoms with E-state index in [1.165, 1.54) is 0 Å². The summed E-state index contributed by atoms with van der Waals surface area (Å²) in [6, 6.07) is 5.38. The lowest BCUT2D eigenvalue weighted by Gasteiger charge is -2.25. The van der Waals surface area contributed by atoms with Gasteiger partial charge in [0.1, 0.15) is 0 Å². The highest BCUT2D eigenvalue weighted by Gasteiger charge is 2.13. The Hall–Kier alpha value is -1.71. The normalized spacial score (nSPS) is 10.4. The van der Waals surface area contributed by atoms with Crippen LogP contribution in [0.5, 0.6) is 0 Å². The van der Waals surface area contributed by atoms with Crippen molar-refractivity contribution in [1.82, 2.24) is 0 Å². The number of carbonyl (C=O) groups is 1. The van der Waals surface area contributed by atoms with E-state index in [9.17, 15) is 4.79 Å². The molecule has 1 aromatic carbocycles. The van der Waals surface area contributed by atoms with Crippen LogP contribution in [0.2, 0.25) is 0 Å². The molecule has 0 aliphatic carbocycles. The third kappa shape index (κ3) is 2.40. The summed E-state index contributed by atoms with van der Waals surface area (Å²) in [7, 11) is 1.91. The second-order valence-electron chi connectivity index (χ2n) is 3.85. The lowest BCUT2D eigenvalue weighted by Crippen LogP contribution is -2.28. The van der Waals surface area contributed by atoms with Crippen molar-refractivity contribution < 1.29 is 4.79 Å². The maximum absolute atomic E-state index is 11.2. The van der Waals surface area contributed by atoms with Crippen LogP contribution >= 0.6 is 0 Å². The molecule has 0 unspecified atom stereocenters. The third-order valence-corrected chi connectivity index (χ3v) is 2.44. The number of hydrogen-bond donors (Lipinski definition) is 2. The minimum atomic E-state index is -0.433. The molecule has 4 N–H and O–H groups in total. The molecule has 0 radical (unpaired) electrons. The molecule has 15 heavy (non-hydrogen) atoms. The first-order chi connectivity index (χ1) is 6.93.